The van der Waals surface area contributed by atoms with Crippen LogP contribution in [0, 0.1) is 0 Å². The molecule has 1 aromatic rings. The fourth-order valence-corrected chi connectivity index (χ4v) is 1.30. The molecule has 0 amide bonds. The maximum absolute atomic E-state index is 5.92. The topological polar surface area (TPSA) is 66.0 Å². The highest BCUT2D eigenvalue weighted by atomic mass is 16.5. The normalized spacial score (nSPS) is 15.4. The Hall–Kier alpha value is -0.940. The maximum atomic E-state index is 5.92. The maximum Gasteiger partial charge on any atom is 0.0781 e. The van der Waals surface area contributed by atoms with E-state index in [0.29, 0.717) is 12.6 Å². The van der Waals surface area contributed by atoms with Gasteiger partial charge in [-0.15, -0.1) is 5.10 Å². The van der Waals surface area contributed by atoms with E-state index in [0.717, 1.165) is 12.1 Å². The molecule has 0 radical (unpaired) electrons. The zero-order chi connectivity index (χ0) is 10.6. The second-order valence-electron chi connectivity index (χ2n) is 3.42. The van der Waals surface area contributed by atoms with Crippen LogP contribution in [-0.4, -0.2) is 28.7 Å². The van der Waals surface area contributed by atoms with Crippen LogP contribution in [0.25, 0.3) is 0 Å². The Bertz CT molecular complexity index is 274. The largest absolute Gasteiger partial charge is 0.383 e. The first-order valence-electron chi connectivity index (χ1n) is 4.85. The minimum atomic E-state index is -0.149. The van der Waals surface area contributed by atoms with Crippen LogP contribution in [0.4, 0.5) is 0 Å². The smallest absolute Gasteiger partial charge is 0.0781 e. The molecular weight excluding hydrogens is 180 g/mol. The first-order chi connectivity index (χ1) is 6.70. The van der Waals surface area contributed by atoms with Crippen LogP contribution in [0.2, 0.25) is 0 Å². The molecule has 1 heterocycles. The van der Waals surface area contributed by atoms with Crippen molar-refractivity contribution in [2.24, 2.45) is 5.73 Å². The van der Waals surface area contributed by atoms with E-state index in [1.165, 1.54) is 0 Å². The van der Waals surface area contributed by atoms with Crippen LogP contribution in [-0.2, 0) is 4.74 Å². The van der Waals surface area contributed by atoms with Gasteiger partial charge in [0.25, 0.3) is 0 Å². The van der Waals surface area contributed by atoms with E-state index in [1.54, 1.807) is 13.3 Å². The predicted molar refractivity (Wildman–Crippen MR) is 53.8 cm³/mol. The summed E-state index contributed by atoms with van der Waals surface area (Å²) in [7, 11) is 1.64. The molecule has 5 heteroatoms. The van der Waals surface area contributed by atoms with Gasteiger partial charge in [0, 0.05) is 7.11 Å². The summed E-state index contributed by atoms with van der Waals surface area (Å²) < 4.78 is 6.87. The Labute approximate surface area is 84.2 Å². The molecule has 0 fully saturated rings. The average molecular weight is 198 g/mol. The fraction of sp³-hybridized carbons (Fsp3) is 0.778. The molecule has 5 nitrogen and oxygen atoms in total. The molecule has 1 rings (SSSR count). The van der Waals surface area contributed by atoms with Gasteiger partial charge in [-0.3, -0.25) is 0 Å². The van der Waals surface area contributed by atoms with E-state index in [1.807, 2.05) is 4.68 Å². The van der Waals surface area contributed by atoms with E-state index >= 15 is 0 Å². The number of methoxy groups -OCH3 is 1. The van der Waals surface area contributed by atoms with Crippen molar-refractivity contribution in [3.05, 3.63) is 11.9 Å². The quantitative estimate of drug-likeness (QED) is 0.763. The molecule has 2 N–H and O–H groups in total. The lowest BCUT2D eigenvalue weighted by molar-refractivity contribution is 0.176. The van der Waals surface area contributed by atoms with Crippen molar-refractivity contribution in [3.8, 4) is 0 Å². The highest BCUT2D eigenvalue weighted by Gasteiger charge is 2.15. The summed E-state index contributed by atoms with van der Waals surface area (Å²) in [5.74, 6) is 0. The van der Waals surface area contributed by atoms with Crippen molar-refractivity contribution >= 4 is 0 Å². The first-order valence-corrected chi connectivity index (χ1v) is 4.85. The van der Waals surface area contributed by atoms with Crippen molar-refractivity contribution < 1.29 is 4.74 Å². The van der Waals surface area contributed by atoms with Crippen LogP contribution in [0.3, 0.4) is 0 Å². The van der Waals surface area contributed by atoms with Gasteiger partial charge in [0.1, 0.15) is 0 Å². The van der Waals surface area contributed by atoms with Crippen molar-refractivity contribution in [2.45, 2.75) is 32.4 Å². The molecule has 0 spiro atoms. The Morgan fingerprint density at radius 1 is 1.64 bits per heavy atom. The average Bonchev–Trinajstić information content (AvgIpc) is 2.65. The van der Waals surface area contributed by atoms with E-state index < -0.39 is 0 Å². The summed E-state index contributed by atoms with van der Waals surface area (Å²) in [6.07, 6.45) is 2.71. The van der Waals surface area contributed by atoms with Gasteiger partial charge in [-0.2, -0.15) is 0 Å². The zero-order valence-electron chi connectivity index (χ0n) is 8.97. The van der Waals surface area contributed by atoms with Gasteiger partial charge in [0.15, 0.2) is 0 Å². The molecule has 0 aliphatic heterocycles. The number of hydrogen-bond donors (Lipinski definition) is 1. The third kappa shape index (κ3) is 2.30. The third-order valence-electron chi connectivity index (χ3n) is 2.34. The van der Waals surface area contributed by atoms with Crippen molar-refractivity contribution in [3.63, 3.8) is 0 Å². The number of ether oxygens (including phenoxy) is 1. The molecule has 2 unspecified atom stereocenters. The van der Waals surface area contributed by atoms with Gasteiger partial charge < -0.3 is 10.5 Å². The molecule has 0 aliphatic carbocycles. The summed E-state index contributed by atoms with van der Waals surface area (Å²) in [4.78, 5) is 0. The van der Waals surface area contributed by atoms with Crippen LogP contribution in [0.1, 0.15) is 38.0 Å². The van der Waals surface area contributed by atoms with E-state index in [-0.39, 0.29) is 6.04 Å². The van der Waals surface area contributed by atoms with Crippen molar-refractivity contribution in [2.75, 3.05) is 13.7 Å². The van der Waals surface area contributed by atoms with Crippen molar-refractivity contribution in [1.29, 1.82) is 0 Å². The molecular formula is C9H18N4O. The first kappa shape index (κ1) is 11.1. The lowest BCUT2D eigenvalue weighted by Gasteiger charge is -2.16. The number of aromatic nitrogens is 3. The summed E-state index contributed by atoms with van der Waals surface area (Å²) in [6.45, 7) is 4.69. The van der Waals surface area contributed by atoms with Gasteiger partial charge >= 0.3 is 0 Å². The third-order valence-corrected chi connectivity index (χ3v) is 2.34. The SMILES string of the molecule is CCC(C)n1nncc1C(N)COC. The Balaban J connectivity index is 2.81. The number of nitrogens with zero attached hydrogens (tertiary/aromatic N) is 3. The second kappa shape index (κ2) is 5.07. The van der Waals surface area contributed by atoms with E-state index in [2.05, 4.69) is 24.2 Å². The fourth-order valence-electron chi connectivity index (χ4n) is 1.30. The van der Waals surface area contributed by atoms with Crippen LogP contribution >= 0.6 is 0 Å². The highest BCUT2D eigenvalue weighted by Crippen LogP contribution is 2.15. The summed E-state index contributed by atoms with van der Waals surface area (Å²) in [5, 5.41) is 7.89. The number of rotatable bonds is 5. The van der Waals surface area contributed by atoms with Crippen molar-refractivity contribution in [1.82, 2.24) is 15.0 Å². The van der Waals surface area contributed by atoms with Gasteiger partial charge in [0.2, 0.25) is 0 Å². The Morgan fingerprint density at radius 3 is 2.93 bits per heavy atom. The Kier molecular flexibility index (Phi) is 4.03. The molecule has 14 heavy (non-hydrogen) atoms. The second-order valence-corrected chi connectivity index (χ2v) is 3.42. The Morgan fingerprint density at radius 2 is 2.36 bits per heavy atom. The van der Waals surface area contributed by atoms with Gasteiger partial charge in [-0.1, -0.05) is 12.1 Å². The van der Waals surface area contributed by atoms with Crippen LogP contribution in [0.15, 0.2) is 6.20 Å². The predicted octanol–water partition coefficient (Wildman–Crippen LogP) is 0.895. The number of nitrogens with two attached hydrogens (primary N) is 1. The molecule has 1 aromatic heterocycles. The highest BCUT2D eigenvalue weighted by molar-refractivity contribution is 5.02. The molecule has 80 valence electrons. The molecule has 2 atom stereocenters. The monoisotopic (exact) mass is 198 g/mol. The zero-order valence-corrected chi connectivity index (χ0v) is 8.97. The molecule has 0 aromatic carbocycles. The molecule has 0 bridgehead atoms. The minimum absolute atomic E-state index is 0.149. The summed E-state index contributed by atoms with van der Waals surface area (Å²) >= 11 is 0. The standard InChI is InChI=1S/C9H18N4O/c1-4-7(2)13-9(5-11-12-13)8(10)6-14-3/h5,7-8H,4,6,10H2,1-3H3. The minimum Gasteiger partial charge on any atom is -0.383 e. The number of hydrogen-bond acceptors (Lipinski definition) is 4. The molecule has 0 aliphatic rings. The van der Waals surface area contributed by atoms with Gasteiger partial charge in [0.05, 0.1) is 30.6 Å². The van der Waals surface area contributed by atoms with E-state index in [9.17, 15) is 0 Å². The molecule has 0 saturated heterocycles. The van der Waals surface area contributed by atoms with Crippen LogP contribution in [0.5, 0.6) is 0 Å². The summed E-state index contributed by atoms with van der Waals surface area (Å²) in [6, 6.07) is 0.180. The summed E-state index contributed by atoms with van der Waals surface area (Å²) in [5.41, 5.74) is 6.85. The molecule has 0 saturated carbocycles. The lowest BCUT2D eigenvalue weighted by atomic mass is 10.2. The van der Waals surface area contributed by atoms with Gasteiger partial charge in [-0.05, 0) is 13.3 Å². The van der Waals surface area contributed by atoms with Crippen LogP contribution < -0.4 is 5.73 Å². The van der Waals surface area contributed by atoms with E-state index in [4.69, 9.17) is 10.5 Å². The van der Waals surface area contributed by atoms with Gasteiger partial charge in [-0.25, -0.2) is 4.68 Å². The lowest BCUT2D eigenvalue weighted by Crippen LogP contribution is -2.22.